The van der Waals surface area contributed by atoms with Gasteiger partial charge >= 0.3 is 5.97 Å². The maximum absolute atomic E-state index is 10.7. The van der Waals surface area contributed by atoms with Crippen LogP contribution in [0.15, 0.2) is 28.7 Å². The predicted octanol–water partition coefficient (Wildman–Crippen LogP) is 2.40. The molecule has 2 aromatic rings. The van der Waals surface area contributed by atoms with Gasteiger partial charge in [-0.1, -0.05) is 13.0 Å². The Morgan fingerprint density at radius 2 is 2.25 bits per heavy atom. The molecule has 1 aromatic heterocycles. The molecular weight excluding hydrogens is 208 g/mol. The summed E-state index contributed by atoms with van der Waals surface area (Å²) in [4.78, 5) is 10.7. The number of carbonyl (C=O) groups is 1. The van der Waals surface area contributed by atoms with Crippen molar-refractivity contribution in [2.45, 2.75) is 13.3 Å². The van der Waals surface area contributed by atoms with Crippen molar-refractivity contribution in [1.29, 1.82) is 0 Å². The molecule has 0 saturated heterocycles. The van der Waals surface area contributed by atoms with E-state index in [9.17, 15) is 9.90 Å². The second-order valence-electron chi connectivity index (χ2n) is 3.85. The van der Waals surface area contributed by atoms with Crippen molar-refractivity contribution in [2.24, 2.45) is 5.92 Å². The molecule has 16 heavy (non-hydrogen) atoms. The van der Waals surface area contributed by atoms with Gasteiger partial charge in [-0.05, 0) is 18.2 Å². The molecular formula is C12H12O4. The smallest absolute Gasteiger partial charge is 0.306 e. The normalized spacial score (nSPS) is 12.8. The number of carboxylic acid groups (broad SMARTS) is 1. The van der Waals surface area contributed by atoms with E-state index in [1.54, 1.807) is 31.2 Å². The number of benzene rings is 1. The number of carboxylic acids is 1. The Hall–Kier alpha value is -1.97. The van der Waals surface area contributed by atoms with Gasteiger partial charge in [0.2, 0.25) is 0 Å². The van der Waals surface area contributed by atoms with Crippen LogP contribution >= 0.6 is 0 Å². The van der Waals surface area contributed by atoms with Crippen LogP contribution in [0.1, 0.15) is 12.7 Å². The summed E-state index contributed by atoms with van der Waals surface area (Å²) in [6.07, 6.45) is 0.323. The Kier molecular flexibility index (Phi) is 2.56. The van der Waals surface area contributed by atoms with Crippen molar-refractivity contribution in [3.8, 4) is 5.75 Å². The van der Waals surface area contributed by atoms with E-state index >= 15 is 0 Å². The fourth-order valence-electron chi connectivity index (χ4n) is 1.59. The van der Waals surface area contributed by atoms with Crippen molar-refractivity contribution in [1.82, 2.24) is 0 Å². The zero-order chi connectivity index (χ0) is 11.7. The molecule has 0 radical (unpaired) electrons. The zero-order valence-corrected chi connectivity index (χ0v) is 8.80. The molecule has 4 heteroatoms. The topological polar surface area (TPSA) is 70.7 Å². The maximum Gasteiger partial charge on any atom is 0.306 e. The van der Waals surface area contributed by atoms with Crippen LogP contribution in [0.3, 0.4) is 0 Å². The van der Waals surface area contributed by atoms with E-state index in [2.05, 4.69) is 0 Å². The van der Waals surface area contributed by atoms with E-state index in [1.807, 2.05) is 0 Å². The monoisotopic (exact) mass is 220 g/mol. The SMILES string of the molecule is CC(Cc1cc2c(O)cccc2o1)C(=O)O. The molecule has 0 bridgehead atoms. The minimum atomic E-state index is -0.857. The van der Waals surface area contributed by atoms with Gasteiger partial charge in [0.1, 0.15) is 17.1 Å². The van der Waals surface area contributed by atoms with E-state index < -0.39 is 11.9 Å². The number of phenols is 1. The van der Waals surface area contributed by atoms with Crippen LogP contribution in [-0.2, 0) is 11.2 Å². The molecule has 4 nitrogen and oxygen atoms in total. The summed E-state index contributed by atoms with van der Waals surface area (Å²) in [6.45, 7) is 1.62. The van der Waals surface area contributed by atoms with Gasteiger partial charge in [0.15, 0.2) is 0 Å². The number of rotatable bonds is 3. The van der Waals surface area contributed by atoms with Crippen molar-refractivity contribution in [3.63, 3.8) is 0 Å². The predicted molar refractivity (Wildman–Crippen MR) is 58.4 cm³/mol. The summed E-state index contributed by atoms with van der Waals surface area (Å²) in [5, 5.41) is 19.0. The highest BCUT2D eigenvalue weighted by molar-refractivity contribution is 5.84. The Labute approximate surface area is 92.1 Å². The number of furan rings is 1. The van der Waals surface area contributed by atoms with E-state index in [4.69, 9.17) is 9.52 Å². The molecule has 0 aliphatic heterocycles. The zero-order valence-electron chi connectivity index (χ0n) is 8.80. The van der Waals surface area contributed by atoms with Gasteiger partial charge in [0.25, 0.3) is 0 Å². The van der Waals surface area contributed by atoms with Crippen LogP contribution in [-0.4, -0.2) is 16.2 Å². The first-order chi connectivity index (χ1) is 7.58. The van der Waals surface area contributed by atoms with Gasteiger partial charge in [-0.3, -0.25) is 4.79 Å². The van der Waals surface area contributed by atoms with Crippen LogP contribution < -0.4 is 0 Å². The summed E-state index contributed by atoms with van der Waals surface area (Å²) < 4.78 is 5.45. The molecule has 1 aromatic carbocycles. The molecule has 0 aliphatic carbocycles. The minimum Gasteiger partial charge on any atom is -0.507 e. The van der Waals surface area contributed by atoms with Crippen molar-refractivity contribution < 1.29 is 19.4 Å². The highest BCUT2D eigenvalue weighted by atomic mass is 16.4. The summed E-state index contributed by atoms with van der Waals surface area (Å²) in [6, 6.07) is 6.68. The van der Waals surface area contributed by atoms with E-state index in [0.29, 0.717) is 23.2 Å². The first kappa shape index (κ1) is 10.5. The van der Waals surface area contributed by atoms with Gasteiger partial charge in [-0.25, -0.2) is 0 Å². The quantitative estimate of drug-likeness (QED) is 0.833. The second kappa shape index (κ2) is 3.89. The third-order valence-electron chi connectivity index (χ3n) is 2.52. The number of aromatic hydroxyl groups is 1. The van der Waals surface area contributed by atoms with Gasteiger partial charge in [0.05, 0.1) is 11.3 Å². The summed E-state index contributed by atoms with van der Waals surface area (Å²) >= 11 is 0. The molecule has 0 aliphatic rings. The van der Waals surface area contributed by atoms with Crippen LogP contribution in [0.4, 0.5) is 0 Å². The number of hydrogen-bond donors (Lipinski definition) is 2. The van der Waals surface area contributed by atoms with Crippen LogP contribution in [0.25, 0.3) is 11.0 Å². The molecule has 0 amide bonds. The van der Waals surface area contributed by atoms with E-state index in [1.165, 1.54) is 0 Å². The van der Waals surface area contributed by atoms with E-state index in [-0.39, 0.29) is 5.75 Å². The molecule has 1 heterocycles. The molecule has 2 N–H and O–H groups in total. The number of phenolic OH excluding ortho intramolecular Hbond substituents is 1. The Morgan fingerprint density at radius 3 is 2.88 bits per heavy atom. The van der Waals surface area contributed by atoms with Crippen molar-refractivity contribution in [2.75, 3.05) is 0 Å². The summed E-state index contributed by atoms with van der Waals surface area (Å²) in [7, 11) is 0. The first-order valence-electron chi connectivity index (χ1n) is 5.01. The standard InChI is InChI=1S/C12H12O4/c1-7(12(14)15)5-8-6-9-10(13)3-2-4-11(9)16-8/h2-4,6-7,13H,5H2,1H3,(H,14,15). The molecule has 0 fully saturated rings. The third-order valence-corrected chi connectivity index (χ3v) is 2.52. The van der Waals surface area contributed by atoms with Gasteiger partial charge < -0.3 is 14.6 Å². The van der Waals surface area contributed by atoms with Gasteiger partial charge in [-0.15, -0.1) is 0 Å². The van der Waals surface area contributed by atoms with E-state index in [0.717, 1.165) is 0 Å². The van der Waals surface area contributed by atoms with Gasteiger partial charge in [0, 0.05) is 6.42 Å². The first-order valence-corrected chi connectivity index (χ1v) is 5.01. The number of aliphatic carboxylic acids is 1. The van der Waals surface area contributed by atoms with Crippen molar-refractivity contribution >= 4 is 16.9 Å². The molecule has 1 atom stereocenters. The minimum absolute atomic E-state index is 0.149. The number of hydrogen-bond acceptors (Lipinski definition) is 3. The highest BCUT2D eigenvalue weighted by Gasteiger charge is 2.15. The van der Waals surface area contributed by atoms with Crippen LogP contribution in [0.5, 0.6) is 5.75 Å². The lowest BCUT2D eigenvalue weighted by Gasteiger charge is -2.01. The number of fused-ring (bicyclic) bond motifs is 1. The fraction of sp³-hybridized carbons (Fsp3) is 0.250. The fourth-order valence-corrected chi connectivity index (χ4v) is 1.59. The van der Waals surface area contributed by atoms with Crippen molar-refractivity contribution in [3.05, 3.63) is 30.0 Å². The van der Waals surface area contributed by atoms with Crippen LogP contribution in [0, 0.1) is 5.92 Å². The Morgan fingerprint density at radius 1 is 1.50 bits per heavy atom. The largest absolute Gasteiger partial charge is 0.507 e. The third kappa shape index (κ3) is 1.86. The Balaban J connectivity index is 2.33. The average molecular weight is 220 g/mol. The molecule has 0 saturated carbocycles. The molecule has 1 unspecified atom stereocenters. The molecule has 0 spiro atoms. The van der Waals surface area contributed by atoms with Gasteiger partial charge in [-0.2, -0.15) is 0 Å². The lowest BCUT2D eigenvalue weighted by molar-refractivity contribution is -0.141. The van der Waals surface area contributed by atoms with Crippen LogP contribution in [0.2, 0.25) is 0 Å². The summed E-state index contributed by atoms with van der Waals surface area (Å²) in [5.41, 5.74) is 0.576. The molecule has 84 valence electrons. The highest BCUT2D eigenvalue weighted by Crippen LogP contribution is 2.28. The maximum atomic E-state index is 10.7. The Bertz CT molecular complexity index is 527. The average Bonchev–Trinajstić information content (AvgIpc) is 2.61. The second-order valence-corrected chi connectivity index (χ2v) is 3.85. The summed E-state index contributed by atoms with van der Waals surface area (Å²) in [5.74, 6) is -0.630. The molecule has 2 rings (SSSR count). The lowest BCUT2D eigenvalue weighted by Crippen LogP contribution is -2.11. The lowest BCUT2D eigenvalue weighted by atomic mass is 10.1.